The van der Waals surface area contributed by atoms with Crippen LogP contribution in [0.1, 0.15) is 0 Å². The summed E-state index contributed by atoms with van der Waals surface area (Å²) < 4.78 is 4.96. The van der Waals surface area contributed by atoms with Gasteiger partial charge in [0.1, 0.15) is 12.2 Å². The second-order valence-electron chi connectivity index (χ2n) is 2.55. The monoisotopic (exact) mass is 274 g/mol. The van der Waals surface area contributed by atoms with Crippen LogP contribution in [0.25, 0.3) is 0 Å². The van der Waals surface area contributed by atoms with E-state index in [0.717, 1.165) is 0 Å². The summed E-state index contributed by atoms with van der Waals surface area (Å²) in [6.45, 7) is 0.131. The van der Waals surface area contributed by atoms with Gasteiger partial charge in [0.2, 0.25) is 0 Å². The maximum absolute atomic E-state index is 9.30. The lowest BCUT2D eigenvalue weighted by Crippen LogP contribution is -2.51. The third-order valence-electron chi connectivity index (χ3n) is 1.75. The van der Waals surface area contributed by atoms with Crippen molar-refractivity contribution >= 4 is 22.6 Å². The Kier molecular flexibility index (Phi) is 3.51. The molecule has 0 aliphatic carbocycles. The van der Waals surface area contributed by atoms with E-state index in [1.807, 2.05) is 22.6 Å². The van der Waals surface area contributed by atoms with E-state index in [4.69, 9.17) is 9.84 Å². The number of alkyl halides is 1. The summed E-state index contributed by atoms with van der Waals surface area (Å²) in [7, 11) is 0. The quantitative estimate of drug-likeness (QED) is 0.419. The second-order valence-corrected chi connectivity index (χ2v) is 4.15. The predicted octanol–water partition coefficient (Wildman–Crippen LogP) is -1.10. The molecule has 5 heteroatoms. The molecule has 0 saturated carbocycles. The molecule has 0 aromatic heterocycles. The van der Waals surface area contributed by atoms with Crippen LogP contribution in [-0.4, -0.2) is 50.8 Å². The van der Waals surface area contributed by atoms with E-state index >= 15 is 0 Å². The van der Waals surface area contributed by atoms with Gasteiger partial charge in [-0.2, -0.15) is 0 Å². The average Bonchev–Trinajstić information content (AvgIpc) is 2.01. The van der Waals surface area contributed by atoms with Crippen LogP contribution >= 0.6 is 22.6 Å². The molecule has 1 fully saturated rings. The Balaban J connectivity index is 2.52. The fraction of sp³-hybridized carbons (Fsp3) is 1.00. The van der Waals surface area contributed by atoms with Gasteiger partial charge in [-0.3, -0.25) is 0 Å². The molecule has 0 amide bonds. The largest absolute Gasteiger partial charge is 0.394 e. The number of rotatable bonds is 1. The molecule has 0 spiro atoms. The molecule has 1 saturated heterocycles. The van der Waals surface area contributed by atoms with Gasteiger partial charge in [0.15, 0.2) is 0 Å². The van der Waals surface area contributed by atoms with Crippen LogP contribution in [0.5, 0.6) is 0 Å². The summed E-state index contributed by atoms with van der Waals surface area (Å²) in [5.41, 5.74) is 0. The van der Waals surface area contributed by atoms with Gasteiger partial charge in [-0.25, -0.2) is 0 Å². The van der Waals surface area contributed by atoms with Gasteiger partial charge >= 0.3 is 0 Å². The second kappa shape index (κ2) is 3.99. The average molecular weight is 274 g/mol. The van der Waals surface area contributed by atoms with Gasteiger partial charge in [0, 0.05) is 0 Å². The third kappa shape index (κ3) is 2.03. The van der Waals surface area contributed by atoms with Gasteiger partial charge in [-0.05, 0) is 0 Å². The fourth-order valence-corrected chi connectivity index (χ4v) is 1.64. The molecular weight excluding hydrogens is 263 g/mol. The Bertz CT molecular complexity index is 130. The summed E-state index contributed by atoms with van der Waals surface area (Å²) in [6, 6.07) is 0. The van der Waals surface area contributed by atoms with E-state index in [2.05, 4.69) is 0 Å². The van der Waals surface area contributed by atoms with Gasteiger partial charge in [-0.15, -0.1) is 0 Å². The first-order valence-corrected chi connectivity index (χ1v) is 4.64. The van der Waals surface area contributed by atoms with Gasteiger partial charge in [-0.1, -0.05) is 22.6 Å². The summed E-state index contributed by atoms with van der Waals surface area (Å²) >= 11 is 2.01. The fourth-order valence-electron chi connectivity index (χ4n) is 1.01. The van der Waals surface area contributed by atoms with Crippen molar-refractivity contribution in [3.05, 3.63) is 0 Å². The Labute approximate surface area is 78.3 Å². The van der Waals surface area contributed by atoms with Gasteiger partial charge in [0.05, 0.1) is 23.2 Å². The maximum atomic E-state index is 9.30. The molecule has 1 heterocycles. The molecule has 11 heavy (non-hydrogen) atoms. The smallest absolute Gasteiger partial charge is 0.109 e. The molecule has 4 atom stereocenters. The third-order valence-corrected chi connectivity index (χ3v) is 2.85. The standard InChI is InChI=1S/C6H11IO4/c7-3-2-11-4(1-8)6(10)5(3)9/h3-6,8-10H,1-2H2/t3-,4-,5-,6-/m1/s1. The van der Waals surface area contributed by atoms with E-state index < -0.39 is 18.3 Å². The van der Waals surface area contributed by atoms with Crippen molar-refractivity contribution < 1.29 is 20.1 Å². The van der Waals surface area contributed by atoms with Crippen molar-refractivity contribution in [1.29, 1.82) is 0 Å². The molecule has 0 aromatic rings. The molecule has 1 aliphatic heterocycles. The van der Waals surface area contributed by atoms with Crippen molar-refractivity contribution in [2.75, 3.05) is 13.2 Å². The highest BCUT2D eigenvalue weighted by molar-refractivity contribution is 14.1. The van der Waals surface area contributed by atoms with Gasteiger partial charge in [0.25, 0.3) is 0 Å². The number of aliphatic hydroxyl groups is 3. The molecule has 4 nitrogen and oxygen atoms in total. The normalized spacial score (nSPS) is 45.8. The van der Waals surface area contributed by atoms with Crippen LogP contribution in [0, 0.1) is 0 Å². The summed E-state index contributed by atoms with van der Waals surface area (Å²) in [5, 5.41) is 27.2. The molecule has 0 radical (unpaired) electrons. The molecule has 1 rings (SSSR count). The minimum absolute atomic E-state index is 0.0922. The first-order chi connectivity index (χ1) is 5.16. The lowest BCUT2D eigenvalue weighted by atomic mass is 10.0. The number of hydrogen-bond donors (Lipinski definition) is 3. The summed E-state index contributed by atoms with van der Waals surface area (Å²) in [6.07, 6.45) is -2.38. The lowest BCUT2D eigenvalue weighted by Gasteiger charge is -2.34. The van der Waals surface area contributed by atoms with Crippen LogP contribution in [0.2, 0.25) is 0 Å². The van der Waals surface area contributed by atoms with Crippen LogP contribution in [-0.2, 0) is 4.74 Å². The van der Waals surface area contributed by atoms with Crippen LogP contribution in [0.4, 0.5) is 0 Å². The topological polar surface area (TPSA) is 69.9 Å². The van der Waals surface area contributed by atoms with Crippen LogP contribution < -0.4 is 0 Å². The molecule has 0 bridgehead atoms. The van der Waals surface area contributed by atoms with Crippen molar-refractivity contribution in [2.45, 2.75) is 22.2 Å². The van der Waals surface area contributed by atoms with E-state index in [9.17, 15) is 10.2 Å². The highest BCUT2D eigenvalue weighted by Crippen LogP contribution is 2.20. The Morgan fingerprint density at radius 2 is 2.00 bits per heavy atom. The molecule has 66 valence electrons. The zero-order valence-corrected chi connectivity index (χ0v) is 8.01. The molecule has 0 unspecified atom stereocenters. The summed E-state index contributed by atoms with van der Waals surface area (Å²) in [4.78, 5) is 0. The van der Waals surface area contributed by atoms with Gasteiger partial charge < -0.3 is 20.1 Å². The molecule has 0 aromatic carbocycles. The maximum Gasteiger partial charge on any atom is 0.109 e. The zero-order chi connectivity index (χ0) is 8.43. The number of ether oxygens (including phenoxy) is 1. The Morgan fingerprint density at radius 3 is 2.55 bits per heavy atom. The van der Waals surface area contributed by atoms with E-state index in [1.54, 1.807) is 0 Å². The molecule has 1 aliphatic rings. The number of aliphatic hydroxyl groups excluding tert-OH is 3. The highest BCUT2D eigenvalue weighted by Gasteiger charge is 2.36. The first kappa shape index (κ1) is 9.66. The molecular formula is C6H11IO4. The first-order valence-electron chi connectivity index (χ1n) is 3.39. The minimum Gasteiger partial charge on any atom is -0.394 e. The number of hydrogen-bond acceptors (Lipinski definition) is 4. The Hall–Kier alpha value is 0.570. The Morgan fingerprint density at radius 1 is 1.36 bits per heavy atom. The van der Waals surface area contributed by atoms with E-state index in [1.165, 1.54) is 0 Å². The number of halogens is 1. The zero-order valence-electron chi connectivity index (χ0n) is 5.85. The van der Waals surface area contributed by atoms with Crippen molar-refractivity contribution in [3.63, 3.8) is 0 Å². The molecule has 3 N–H and O–H groups in total. The lowest BCUT2D eigenvalue weighted by molar-refractivity contribution is -0.141. The minimum atomic E-state index is -0.962. The predicted molar refractivity (Wildman–Crippen MR) is 46.6 cm³/mol. The highest BCUT2D eigenvalue weighted by atomic mass is 127. The van der Waals surface area contributed by atoms with Crippen molar-refractivity contribution in [3.8, 4) is 0 Å². The van der Waals surface area contributed by atoms with Crippen molar-refractivity contribution in [2.24, 2.45) is 0 Å². The van der Waals surface area contributed by atoms with E-state index in [0.29, 0.717) is 6.61 Å². The SMILES string of the molecule is OC[C@H]1OC[C@@H](I)[C@@H](O)[C@@H]1O. The van der Waals surface area contributed by atoms with E-state index in [-0.39, 0.29) is 10.5 Å². The van der Waals surface area contributed by atoms with Crippen molar-refractivity contribution in [1.82, 2.24) is 0 Å². The van der Waals surface area contributed by atoms with Crippen LogP contribution in [0.15, 0.2) is 0 Å². The van der Waals surface area contributed by atoms with Crippen LogP contribution in [0.3, 0.4) is 0 Å². The summed E-state index contributed by atoms with van der Waals surface area (Å²) in [5.74, 6) is 0.